The molecule has 7 heavy (non-hydrogen) atoms. The van der Waals surface area contributed by atoms with Crippen molar-refractivity contribution in [1.82, 2.24) is 0 Å². The normalized spacial score (nSPS) is 9.43. The average Bonchev–Trinajstić information content (AvgIpc) is 1.69. The first kappa shape index (κ1) is 6.88. The second-order valence-corrected chi connectivity index (χ2v) is 0.903. The van der Waals surface area contributed by atoms with E-state index in [1.807, 2.05) is 0 Å². The van der Waals surface area contributed by atoms with Crippen molar-refractivity contribution in [3.8, 4) is 0 Å². The van der Waals surface area contributed by atoms with Crippen LogP contribution >= 0.6 is 0 Å². The van der Waals surface area contributed by atoms with Gasteiger partial charge in [0.1, 0.15) is 13.2 Å². The van der Waals surface area contributed by atoms with Gasteiger partial charge in [0.25, 0.3) is 0 Å². The third-order valence-electron chi connectivity index (χ3n) is 0.385. The standard InChI is InChI=1S/C4H8O3/c5-1-3-7-4-2-6/h1-2,5-6H,3-4H2. The molecule has 2 N–H and O–H groups in total. The fraction of sp³-hybridized carbons (Fsp3) is 0.500. The molecule has 42 valence electrons. The fourth-order valence-electron chi connectivity index (χ4n) is 0.173. The van der Waals surface area contributed by atoms with Crippen molar-refractivity contribution < 1.29 is 14.9 Å². The van der Waals surface area contributed by atoms with E-state index in [0.29, 0.717) is 0 Å². The zero-order valence-electron chi connectivity index (χ0n) is 3.87. The van der Waals surface area contributed by atoms with Crippen LogP contribution in [0.4, 0.5) is 0 Å². The lowest BCUT2D eigenvalue weighted by atomic mass is 10.7. The van der Waals surface area contributed by atoms with Gasteiger partial charge in [-0.05, 0) is 0 Å². The van der Waals surface area contributed by atoms with E-state index in [9.17, 15) is 0 Å². The lowest BCUT2D eigenvalue weighted by molar-refractivity contribution is 0.114. The van der Waals surface area contributed by atoms with Crippen molar-refractivity contribution in [2.75, 3.05) is 13.2 Å². The quantitative estimate of drug-likeness (QED) is 0.496. The van der Waals surface area contributed by atoms with Crippen molar-refractivity contribution in [1.29, 1.82) is 0 Å². The third-order valence-corrected chi connectivity index (χ3v) is 0.385. The lowest BCUT2D eigenvalue weighted by Gasteiger charge is -1.93. The summed E-state index contributed by atoms with van der Waals surface area (Å²) in [5.74, 6) is 0. The minimum Gasteiger partial charge on any atom is -0.388 e. The number of hydrogen-bond donors (Lipinski definition) is 2. The molecule has 0 saturated heterocycles. The van der Waals surface area contributed by atoms with Crippen molar-refractivity contribution in [2.45, 2.75) is 0 Å². The number of aliphatic hydroxyl groups is 2. The Morgan fingerprint density at radius 2 is 1.57 bits per heavy atom. The van der Waals surface area contributed by atoms with E-state index in [-0.39, 0.29) is 13.2 Å². The Labute approximate surface area is 42.5 Å². The SMILES string of the molecule is O[CH]COC[CH]O. The van der Waals surface area contributed by atoms with Crippen LogP contribution in [-0.2, 0) is 4.74 Å². The van der Waals surface area contributed by atoms with Crippen LogP contribution in [0.2, 0.25) is 0 Å². The summed E-state index contributed by atoms with van der Waals surface area (Å²) in [6.07, 6.45) is 0. The maximum atomic E-state index is 7.95. The van der Waals surface area contributed by atoms with Gasteiger partial charge in [-0.2, -0.15) is 0 Å². The number of ether oxygens (including phenoxy) is 1. The maximum absolute atomic E-state index is 7.95. The van der Waals surface area contributed by atoms with Gasteiger partial charge < -0.3 is 14.9 Å². The molecule has 0 aliphatic carbocycles. The van der Waals surface area contributed by atoms with Crippen LogP contribution in [0.15, 0.2) is 0 Å². The highest BCUT2D eigenvalue weighted by molar-refractivity contribution is 4.44. The highest BCUT2D eigenvalue weighted by Crippen LogP contribution is 1.75. The first-order chi connectivity index (χ1) is 3.41. The van der Waals surface area contributed by atoms with Gasteiger partial charge in [-0.1, -0.05) is 0 Å². The molecule has 0 aromatic carbocycles. The molecular formula is C4H8O3. The minimum absolute atomic E-state index is 0.164. The second-order valence-electron chi connectivity index (χ2n) is 0.903. The molecule has 0 aromatic rings. The predicted molar refractivity (Wildman–Crippen MR) is 23.3 cm³/mol. The highest BCUT2D eigenvalue weighted by atomic mass is 16.5. The van der Waals surface area contributed by atoms with Gasteiger partial charge in [-0.3, -0.25) is 0 Å². The molecule has 0 unspecified atom stereocenters. The summed E-state index contributed by atoms with van der Waals surface area (Å²) in [5, 5.41) is 15.9. The Morgan fingerprint density at radius 3 is 1.86 bits per heavy atom. The average molecular weight is 104 g/mol. The molecule has 0 aromatic heterocycles. The van der Waals surface area contributed by atoms with Crippen LogP contribution in [0.1, 0.15) is 0 Å². The van der Waals surface area contributed by atoms with E-state index in [4.69, 9.17) is 10.2 Å². The Balaban J connectivity index is 2.45. The zero-order valence-corrected chi connectivity index (χ0v) is 3.87. The van der Waals surface area contributed by atoms with Crippen LogP contribution in [0.5, 0.6) is 0 Å². The summed E-state index contributed by atoms with van der Waals surface area (Å²) in [6, 6.07) is 0. The summed E-state index contributed by atoms with van der Waals surface area (Å²) in [5.41, 5.74) is 0. The van der Waals surface area contributed by atoms with Gasteiger partial charge >= 0.3 is 0 Å². The minimum atomic E-state index is 0.164. The molecule has 0 fully saturated rings. The monoisotopic (exact) mass is 104 g/mol. The van der Waals surface area contributed by atoms with E-state index in [1.54, 1.807) is 0 Å². The highest BCUT2D eigenvalue weighted by Gasteiger charge is 1.80. The Kier molecular flexibility index (Phi) is 5.78. The van der Waals surface area contributed by atoms with Crippen LogP contribution in [0, 0.1) is 13.2 Å². The summed E-state index contributed by atoms with van der Waals surface area (Å²) in [4.78, 5) is 0. The molecule has 3 nitrogen and oxygen atoms in total. The largest absolute Gasteiger partial charge is 0.388 e. The molecule has 0 rings (SSSR count). The van der Waals surface area contributed by atoms with E-state index in [0.717, 1.165) is 13.2 Å². The van der Waals surface area contributed by atoms with Gasteiger partial charge in [0.05, 0.1) is 13.2 Å². The molecular weight excluding hydrogens is 96.0 g/mol. The van der Waals surface area contributed by atoms with E-state index < -0.39 is 0 Å². The summed E-state index contributed by atoms with van der Waals surface area (Å²) in [7, 11) is 0. The first-order valence-electron chi connectivity index (χ1n) is 1.91. The van der Waals surface area contributed by atoms with Crippen molar-refractivity contribution in [3.63, 3.8) is 0 Å². The summed E-state index contributed by atoms with van der Waals surface area (Å²) < 4.78 is 4.52. The van der Waals surface area contributed by atoms with Gasteiger partial charge in [0.2, 0.25) is 0 Å². The smallest absolute Gasteiger partial charge is 0.105 e. The van der Waals surface area contributed by atoms with Gasteiger partial charge in [0, 0.05) is 0 Å². The molecule has 0 aliphatic rings. The summed E-state index contributed by atoms with van der Waals surface area (Å²) in [6.45, 7) is 2.08. The van der Waals surface area contributed by atoms with E-state index in [1.165, 1.54) is 0 Å². The summed E-state index contributed by atoms with van der Waals surface area (Å²) >= 11 is 0. The lowest BCUT2D eigenvalue weighted by Crippen LogP contribution is -1.96. The Hall–Kier alpha value is -0.120. The Bertz CT molecular complexity index is 26.1. The second kappa shape index (κ2) is 5.88. The van der Waals surface area contributed by atoms with Gasteiger partial charge in [-0.25, -0.2) is 0 Å². The molecule has 0 heterocycles. The molecule has 0 saturated carbocycles. The van der Waals surface area contributed by atoms with E-state index >= 15 is 0 Å². The molecule has 0 spiro atoms. The van der Waals surface area contributed by atoms with Crippen LogP contribution in [-0.4, -0.2) is 23.4 Å². The van der Waals surface area contributed by atoms with Gasteiger partial charge in [0.15, 0.2) is 0 Å². The topological polar surface area (TPSA) is 49.7 Å². The van der Waals surface area contributed by atoms with Crippen molar-refractivity contribution >= 4 is 0 Å². The molecule has 0 atom stereocenters. The first-order valence-corrected chi connectivity index (χ1v) is 1.91. The van der Waals surface area contributed by atoms with Crippen LogP contribution < -0.4 is 0 Å². The predicted octanol–water partition coefficient (Wildman–Crippen LogP) is 0.0716. The number of aliphatic hydroxyl groups excluding tert-OH is 2. The number of hydrogen-bond acceptors (Lipinski definition) is 3. The van der Waals surface area contributed by atoms with Crippen molar-refractivity contribution in [2.24, 2.45) is 0 Å². The molecule has 0 aliphatic heterocycles. The van der Waals surface area contributed by atoms with Crippen LogP contribution in [0.3, 0.4) is 0 Å². The molecule has 3 heteroatoms. The number of rotatable bonds is 4. The maximum Gasteiger partial charge on any atom is 0.105 e. The molecule has 0 bridgehead atoms. The Morgan fingerprint density at radius 1 is 1.14 bits per heavy atom. The fourth-order valence-corrected chi connectivity index (χ4v) is 0.173. The van der Waals surface area contributed by atoms with E-state index in [2.05, 4.69) is 4.74 Å². The zero-order chi connectivity index (χ0) is 5.54. The van der Waals surface area contributed by atoms with Crippen molar-refractivity contribution in [3.05, 3.63) is 13.2 Å². The van der Waals surface area contributed by atoms with Gasteiger partial charge in [-0.15, -0.1) is 0 Å². The third kappa shape index (κ3) is 5.88. The molecule has 0 amide bonds. The molecule has 2 radical (unpaired) electrons. The van der Waals surface area contributed by atoms with Crippen LogP contribution in [0.25, 0.3) is 0 Å².